The van der Waals surface area contributed by atoms with E-state index in [9.17, 15) is 14.4 Å². The van der Waals surface area contributed by atoms with Crippen molar-refractivity contribution in [2.24, 2.45) is 5.73 Å². The van der Waals surface area contributed by atoms with Gasteiger partial charge in [0.25, 0.3) is 5.91 Å². The van der Waals surface area contributed by atoms with Gasteiger partial charge in [-0.2, -0.15) is 5.06 Å². The Morgan fingerprint density at radius 3 is 2.36 bits per heavy atom. The Labute approximate surface area is 129 Å². The number of hydroxylamine groups is 1. The van der Waals surface area contributed by atoms with Crippen LogP contribution in [0.3, 0.4) is 0 Å². The predicted molar refractivity (Wildman–Crippen MR) is 81.6 cm³/mol. The first-order valence-electron chi connectivity index (χ1n) is 7.10. The smallest absolute Gasteiger partial charge is 0.250 e. The van der Waals surface area contributed by atoms with E-state index in [0.29, 0.717) is 18.4 Å². The number of benzene rings is 1. The van der Waals surface area contributed by atoms with Gasteiger partial charge in [-0.1, -0.05) is 0 Å². The minimum absolute atomic E-state index is 0.0184. The van der Waals surface area contributed by atoms with E-state index >= 15 is 0 Å². The quantitative estimate of drug-likeness (QED) is 0.865. The summed E-state index contributed by atoms with van der Waals surface area (Å²) in [6.07, 6.45) is 0.985. The molecule has 6 nitrogen and oxygen atoms in total. The van der Waals surface area contributed by atoms with Crippen molar-refractivity contribution in [1.82, 2.24) is 0 Å². The van der Waals surface area contributed by atoms with Crippen LogP contribution in [-0.4, -0.2) is 23.2 Å². The van der Waals surface area contributed by atoms with E-state index in [0.717, 1.165) is 10.6 Å². The van der Waals surface area contributed by atoms with Crippen molar-refractivity contribution >= 4 is 23.3 Å². The number of anilines is 1. The van der Waals surface area contributed by atoms with Gasteiger partial charge in [-0.25, -0.2) is 0 Å². The summed E-state index contributed by atoms with van der Waals surface area (Å²) in [7, 11) is 0. The molecular formula is C16H20N2O4. The number of hydrogen-bond donors (Lipinski definition) is 1. The van der Waals surface area contributed by atoms with Gasteiger partial charge in [0.15, 0.2) is 5.78 Å². The average molecular weight is 304 g/mol. The lowest BCUT2D eigenvalue weighted by molar-refractivity contribution is -0.130. The Morgan fingerprint density at radius 1 is 1.23 bits per heavy atom. The zero-order valence-corrected chi connectivity index (χ0v) is 13.2. The molecule has 22 heavy (non-hydrogen) atoms. The minimum atomic E-state index is -0.707. The number of fused-ring (bicyclic) bond motifs is 1. The number of rotatable bonds is 3. The number of hydrogen-bond acceptors (Lipinski definition) is 4. The molecule has 1 aromatic rings. The van der Waals surface area contributed by atoms with E-state index in [2.05, 4.69) is 0 Å². The number of primary amides is 1. The SMILES string of the molecule is CC(=O)N(OC(C)(C)C)c1cc2c(cc1C(N)=O)C(=O)CC2. The largest absolute Gasteiger partial charge is 0.366 e. The van der Waals surface area contributed by atoms with Gasteiger partial charge in [-0.3, -0.25) is 19.2 Å². The molecule has 0 bridgehead atoms. The third-order valence-corrected chi connectivity index (χ3v) is 3.28. The molecule has 0 atom stereocenters. The van der Waals surface area contributed by atoms with Crippen LogP contribution in [0.1, 0.15) is 60.4 Å². The van der Waals surface area contributed by atoms with Crippen molar-refractivity contribution in [3.63, 3.8) is 0 Å². The topological polar surface area (TPSA) is 89.7 Å². The van der Waals surface area contributed by atoms with Crippen molar-refractivity contribution in [1.29, 1.82) is 0 Å². The number of carbonyl (C=O) groups excluding carboxylic acids is 3. The molecule has 118 valence electrons. The van der Waals surface area contributed by atoms with E-state index in [1.807, 2.05) is 0 Å². The van der Waals surface area contributed by atoms with Crippen molar-refractivity contribution in [2.45, 2.75) is 46.1 Å². The van der Waals surface area contributed by atoms with Crippen LogP contribution in [0.25, 0.3) is 0 Å². The first-order valence-corrected chi connectivity index (χ1v) is 7.10. The molecule has 0 saturated heterocycles. The molecule has 2 N–H and O–H groups in total. The van der Waals surface area contributed by atoms with Crippen LogP contribution in [0.2, 0.25) is 0 Å². The molecule has 0 radical (unpaired) electrons. The lowest BCUT2D eigenvalue weighted by Gasteiger charge is -2.30. The van der Waals surface area contributed by atoms with Gasteiger partial charge in [-0.05, 0) is 44.9 Å². The zero-order chi connectivity index (χ0) is 16.7. The summed E-state index contributed by atoms with van der Waals surface area (Å²) < 4.78 is 0. The monoisotopic (exact) mass is 304 g/mol. The van der Waals surface area contributed by atoms with Crippen LogP contribution in [0, 0.1) is 0 Å². The lowest BCUT2D eigenvalue weighted by atomic mass is 10.0. The highest BCUT2D eigenvalue weighted by atomic mass is 16.7. The molecule has 0 spiro atoms. The Hall–Kier alpha value is -2.21. The van der Waals surface area contributed by atoms with Crippen LogP contribution in [0.5, 0.6) is 0 Å². The summed E-state index contributed by atoms with van der Waals surface area (Å²) in [5.74, 6) is -1.10. The summed E-state index contributed by atoms with van der Waals surface area (Å²) >= 11 is 0. The van der Waals surface area contributed by atoms with E-state index in [-0.39, 0.29) is 22.9 Å². The third-order valence-electron chi connectivity index (χ3n) is 3.28. The zero-order valence-electron chi connectivity index (χ0n) is 13.2. The highest BCUT2D eigenvalue weighted by molar-refractivity contribution is 6.08. The standard InChI is InChI=1S/C16H20N2O4/c1-9(19)18(22-16(2,3)4)13-7-10-5-6-14(20)11(10)8-12(13)15(17)21/h7-8H,5-6H2,1-4H3,(H2,17,21). The van der Waals surface area contributed by atoms with Gasteiger partial charge in [0.2, 0.25) is 5.91 Å². The second-order valence-electron chi connectivity index (χ2n) is 6.33. The molecule has 0 unspecified atom stereocenters. The highest BCUT2D eigenvalue weighted by Gasteiger charge is 2.29. The van der Waals surface area contributed by atoms with Gasteiger partial charge < -0.3 is 5.73 Å². The number of Topliss-reactive ketones (excluding diaryl/α,β-unsaturated/α-hetero) is 1. The fourth-order valence-corrected chi connectivity index (χ4v) is 2.40. The lowest BCUT2D eigenvalue weighted by Crippen LogP contribution is -2.38. The molecule has 2 amide bonds. The fourth-order valence-electron chi connectivity index (χ4n) is 2.40. The Bertz CT molecular complexity index is 659. The predicted octanol–water partition coefficient (Wildman–Crippen LogP) is 2.00. The van der Waals surface area contributed by atoms with Crippen LogP contribution in [0.15, 0.2) is 12.1 Å². The van der Waals surface area contributed by atoms with E-state index in [1.54, 1.807) is 26.8 Å². The summed E-state index contributed by atoms with van der Waals surface area (Å²) in [4.78, 5) is 41.2. The normalized spacial score (nSPS) is 13.9. The maximum absolute atomic E-state index is 11.9. The van der Waals surface area contributed by atoms with Crippen molar-refractivity contribution < 1.29 is 19.2 Å². The van der Waals surface area contributed by atoms with E-state index in [4.69, 9.17) is 10.6 Å². The maximum Gasteiger partial charge on any atom is 0.250 e. The summed E-state index contributed by atoms with van der Waals surface area (Å²) in [6, 6.07) is 3.11. The third kappa shape index (κ3) is 3.17. The first-order chi connectivity index (χ1) is 10.1. The van der Waals surface area contributed by atoms with Crippen LogP contribution >= 0.6 is 0 Å². The number of nitrogens with two attached hydrogens (primary N) is 1. The summed E-state index contributed by atoms with van der Waals surface area (Å²) in [6.45, 7) is 6.73. The molecule has 1 aliphatic rings. The molecule has 0 fully saturated rings. The molecular weight excluding hydrogens is 284 g/mol. The van der Waals surface area contributed by atoms with E-state index in [1.165, 1.54) is 13.0 Å². The molecule has 6 heteroatoms. The fraction of sp³-hybridized carbons (Fsp3) is 0.438. The Morgan fingerprint density at radius 2 is 1.86 bits per heavy atom. The van der Waals surface area contributed by atoms with Gasteiger partial charge >= 0.3 is 0 Å². The molecule has 2 rings (SSSR count). The molecule has 0 heterocycles. The Balaban J connectivity index is 2.59. The van der Waals surface area contributed by atoms with Crippen molar-refractivity contribution in [3.05, 3.63) is 28.8 Å². The second-order valence-corrected chi connectivity index (χ2v) is 6.33. The minimum Gasteiger partial charge on any atom is -0.366 e. The molecule has 1 aromatic carbocycles. The Kier molecular flexibility index (Phi) is 4.06. The molecule has 0 saturated carbocycles. The molecule has 0 aliphatic heterocycles. The van der Waals surface area contributed by atoms with Gasteiger partial charge in [0.1, 0.15) is 0 Å². The van der Waals surface area contributed by atoms with Crippen LogP contribution in [-0.2, 0) is 16.1 Å². The van der Waals surface area contributed by atoms with Gasteiger partial charge in [-0.15, -0.1) is 0 Å². The number of aryl methyl sites for hydroxylation is 1. The van der Waals surface area contributed by atoms with Crippen LogP contribution < -0.4 is 10.8 Å². The number of ketones is 1. The first kappa shape index (κ1) is 16.2. The average Bonchev–Trinajstić information content (AvgIpc) is 2.74. The molecule has 1 aliphatic carbocycles. The summed E-state index contributed by atoms with van der Waals surface area (Å²) in [5.41, 5.74) is 6.47. The summed E-state index contributed by atoms with van der Waals surface area (Å²) in [5, 5.41) is 1.07. The second kappa shape index (κ2) is 5.53. The van der Waals surface area contributed by atoms with Crippen molar-refractivity contribution in [3.8, 4) is 0 Å². The molecule has 0 aromatic heterocycles. The van der Waals surface area contributed by atoms with Crippen molar-refractivity contribution in [2.75, 3.05) is 5.06 Å². The van der Waals surface area contributed by atoms with Gasteiger partial charge in [0, 0.05) is 18.9 Å². The maximum atomic E-state index is 11.9. The number of carbonyl (C=O) groups is 3. The number of amides is 2. The van der Waals surface area contributed by atoms with Gasteiger partial charge in [0.05, 0.1) is 16.9 Å². The van der Waals surface area contributed by atoms with Crippen LogP contribution in [0.4, 0.5) is 5.69 Å². The van der Waals surface area contributed by atoms with E-state index < -0.39 is 11.5 Å². The highest BCUT2D eigenvalue weighted by Crippen LogP contribution is 2.32. The number of nitrogens with zero attached hydrogens (tertiary/aromatic N) is 1.